The Balaban J connectivity index is 1.89. The molecule has 8 nitrogen and oxygen atoms in total. The van der Waals surface area contributed by atoms with Gasteiger partial charge in [-0.3, -0.25) is 4.79 Å². The van der Waals surface area contributed by atoms with Gasteiger partial charge in [0.05, 0.1) is 12.8 Å². The van der Waals surface area contributed by atoms with Crippen molar-refractivity contribution < 1.29 is 13.2 Å². The summed E-state index contributed by atoms with van der Waals surface area (Å²) in [6, 6.07) is 14.4. The van der Waals surface area contributed by atoms with Crippen LogP contribution in [0.1, 0.15) is 38.3 Å². The van der Waals surface area contributed by atoms with Gasteiger partial charge in [-0.15, -0.1) is 4.40 Å². The van der Waals surface area contributed by atoms with Crippen LogP contribution < -0.4 is 10.2 Å². The zero-order valence-electron chi connectivity index (χ0n) is 19.0. The van der Waals surface area contributed by atoms with Crippen LogP contribution in [-0.2, 0) is 14.8 Å². The largest absolute Gasteiger partial charge is 0.378 e. The number of carbonyl (C=O) groups is 1. The second-order valence-corrected chi connectivity index (χ2v) is 10.4. The number of carbonyl (C=O) groups excluding carboxylic acids is 1. The van der Waals surface area contributed by atoms with E-state index in [0.29, 0.717) is 5.56 Å². The highest BCUT2D eigenvalue weighted by atomic mass is 32.2. The SMILES string of the molecule is CN(C)c1ccc(/C=N\N(CCC(=O)NC(C)(C)C)C2=NS(=O)(=O)c3ccccc32)cc1. The van der Waals surface area contributed by atoms with Crippen LogP contribution in [0.25, 0.3) is 0 Å². The molecule has 0 bridgehead atoms. The molecule has 1 aliphatic rings. The molecule has 0 fully saturated rings. The van der Waals surface area contributed by atoms with E-state index in [1.165, 1.54) is 11.1 Å². The third-order valence-electron chi connectivity index (χ3n) is 4.68. The molecule has 0 atom stereocenters. The first-order valence-electron chi connectivity index (χ1n) is 10.3. The number of benzene rings is 2. The maximum atomic E-state index is 12.5. The summed E-state index contributed by atoms with van der Waals surface area (Å²) in [5, 5.41) is 8.89. The van der Waals surface area contributed by atoms with Crippen LogP contribution in [0.2, 0.25) is 0 Å². The molecule has 0 aliphatic carbocycles. The van der Waals surface area contributed by atoms with E-state index in [1.54, 1.807) is 24.4 Å². The van der Waals surface area contributed by atoms with E-state index in [-0.39, 0.29) is 35.1 Å². The Hall–Kier alpha value is -3.20. The van der Waals surface area contributed by atoms with Gasteiger partial charge in [0.25, 0.3) is 10.0 Å². The molecule has 1 amide bonds. The zero-order valence-corrected chi connectivity index (χ0v) is 19.8. The van der Waals surface area contributed by atoms with E-state index in [4.69, 9.17) is 0 Å². The lowest BCUT2D eigenvalue weighted by atomic mass is 10.1. The van der Waals surface area contributed by atoms with E-state index in [0.717, 1.165) is 11.3 Å². The van der Waals surface area contributed by atoms with Gasteiger partial charge in [-0.25, -0.2) is 5.01 Å². The molecule has 3 rings (SSSR count). The molecule has 0 aromatic heterocycles. The summed E-state index contributed by atoms with van der Waals surface area (Å²) in [6.45, 7) is 5.89. The number of nitrogens with zero attached hydrogens (tertiary/aromatic N) is 4. The number of amides is 1. The Bertz CT molecular complexity index is 1150. The minimum atomic E-state index is -3.80. The van der Waals surface area contributed by atoms with Crippen molar-refractivity contribution in [3.63, 3.8) is 0 Å². The standard InChI is InChI=1S/C23H29N5O3S/c1-23(2,3)25-21(29)14-15-28(24-16-17-10-12-18(13-11-17)27(4)5)22-19-8-6-7-9-20(19)32(30,31)26-22/h6-13,16H,14-15H2,1-5H3,(H,25,29)/b24-16-. The van der Waals surface area contributed by atoms with E-state index < -0.39 is 10.0 Å². The highest BCUT2D eigenvalue weighted by Gasteiger charge is 2.32. The van der Waals surface area contributed by atoms with Crippen LogP contribution in [0.3, 0.4) is 0 Å². The Morgan fingerprint density at radius 1 is 1.09 bits per heavy atom. The van der Waals surface area contributed by atoms with Gasteiger partial charge < -0.3 is 10.2 Å². The Kier molecular flexibility index (Phi) is 6.68. The maximum Gasteiger partial charge on any atom is 0.285 e. The average Bonchev–Trinajstić information content (AvgIpc) is 2.98. The summed E-state index contributed by atoms with van der Waals surface area (Å²) in [7, 11) is 0.125. The number of nitrogens with one attached hydrogen (secondary N) is 1. The number of hydrogen-bond donors (Lipinski definition) is 1. The normalized spacial score (nSPS) is 14.7. The van der Waals surface area contributed by atoms with Crippen molar-refractivity contribution in [2.75, 3.05) is 25.5 Å². The fraction of sp³-hybridized carbons (Fsp3) is 0.348. The summed E-state index contributed by atoms with van der Waals surface area (Å²) >= 11 is 0. The van der Waals surface area contributed by atoms with Crippen molar-refractivity contribution in [2.45, 2.75) is 37.6 Å². The lowest BCUT2D eigenvalue weighted by Gasteiger charge is -2.22. The van der Waals surface area contributed by atoms with Gasteiger partial charge in [-0.05, 0) is 50.6 Å². The number of anilines is 1. The van der Waals surface area contributed by atoms with Crippen molar-refractivity contribution in [1.29, 1.82) is 0 Å². The minimum Gasteiger partial charge on any atom is -0.378 e. The van der Waals surface area contributed by atoms with Crippen LogP contribution in [0.4, 0.5) is 5.69 Å². The predicted octanol–water partition coefficient (Wildman–Crippen LogP) is 2.84. The van der Waals surface area contributed by atoms with Gasteiger partial charge in [-0.1, -0.05) is 24.3 Å². The van der Waals surface area contributed by atoms with Gasteiger partial charge in [-0.2, -0.15) is 13.5 Å². The highest BCUT2D eigenvalue weighted by Crippen LogP contribution is 2.27. The topological polar surface area (TPSA) is 94.4 Å². The fourth-order valence-electron chi connectivity index (χ4n) is 3.18. The summed E-state index contributed by atoms with van der Waals surface area (Å²) in [5.41, 5.74) is 2.01. The van der Waals surface area contributed by atoms with Crippen molar-refractivity contribution in [2.24, 2.45) is 9.50 Å². The third kappa shape index (κ3) is 5.73. The first-order valence-corrected chi connectivity index (χ1v) is 11.7. The Morgan fingerprint density at radius 3 is 2.38 bits per heavy atom. The van der Waals surface area contributed by atoms with Crippen molar-refractivity contribution in [3.8, 4) is 0 Å². The van der Waals surface area contributed by atoms with Crippen LogP contribution in [0.5, 0.6) is 0 Å². The van der Waals surface area contributed by atoms with Gasteiger partial charge >= 0.3 is 0 Å². The smallest absolute Gasteiger partial charge is 0.285 e. The van der Waals surface area contributed by atoms with E-state index in [2.05, 4.69) is 14.8 Å². The Morgan fingerprint density at radius 2 is 1.75 bits per heavy atom. The maximum absolute atomic E-state index is 12.5. The predicted molar refractivity (Wildman–Crippen MR) is 128 cm³/mol. The second-order valence-electron chi connectivity index (χ2n) is 8.79. The van der Waals surface area contributed by atoms with Crippen LogP contribution in [0.15, 0.2) is 62.9 Å². The summed E-state index contributed by atoms with van der Waals surface area (Å²) in [6.07, 6.45) is 1.77. The molecule has 0 saturated heterocycles. The zero-order chi connectivity index (χ0) is 23.5. The van der Waals surface area contributed by atoms with Crippen molar-refractivity contribution >= 4 is 33.7 Å². The lowest BCUT2D eigenvalue weighted by Crippen LogP contribution is -2.42. The van der Waals surface area contributed by atoms with Gasteiger partial charge in [0.15, 0.2) is 5.84 Å². The minimum absolute atomic E-state index is 0.134. The molecular weight excluding hydrogens is 426 g/mol. The van der Waals surface area contributed by atoms with Crippen LogP contribution in [-0.4, -0.2) is 57.6 Å². The van der Waals surface area contributed by atoms with E-state index >= 15 is 0 Å². The lowest BCUT2D eigenvalue weighted by molar-refractivity contribution is -0.122. The number of fused-ring (bicyclic) bond motifs is 1. The fourth-order valence-corrected chi connectivity index (χ4v) is 4.38. The first kappa shape index (κ1) is 23.5. The average molecular weight is 456 g/mol. The molecule has 1 N–H and O–H groups in total. The number of rotatable bonds is 6. The molecule has 2 aromatic rings. The van der Waals surface area contributed by atoms with Gasteiger partial charge in [0.1, 0.15) is 4.90 Å². The molecule has 0 saturated carbocycles. The number of sulfonamides is 1. The van der Waals surface area contributed by atoms with Crippen LogP contribution in [0, 0.1) is 0 Å². The summed E-state index contributed by atoms with van der Waals surface area (Å²) in [5.74, 6) is 0.0631. The number of hydrazone groups is 1. The van der Waals surface area contributed by atoms with E-state index in [9.17, 15) is 13.2 Å². The van der Waals surface area contributed by atoms with Crippen molar-refractivity contribution in [1.82, 2.24) is 10.3 Å². The molecule has 0 spiro atoms. The quantitative estimate of drug-likeness (QED) is 0.534. The highest BCUT2D eigenvalue weighted by molar-refractivity contribution is 7.90. The molecule has 0 radical (unpaired) electrons. The summed E-state index contributed by atoms with van der Waals surface area (Å²) < 4.78 is 29.0. The van der Waals surface area contributed by atoms with Gasteiger partial charge in [0, 0.05) is 37.3 Å². The monoisotopic (exact) mass is 455 g/mol. The molecule has 1 aliphatic heterocycles. The molecule has 2 aromatic carbocycles. The van der Waals surface area contributed by atoms with Crippen molar-refractivity contribution in [3.05, 3.63) is 59.7 Å². The molecule has 0 unspecified atom stereocenters. The van der Waals surface area contributed by atoms with Gasteiger partial charge in [0.2, 0.25) is 5.91 Å². The molecule has 9 heteroatoms. The molecule has 32 heavy (non-hydrogen) atoms. The third-order valence-corrected chi connectivity index (χ3v) is 6.00. The van der Waals surface area contributed by atoms with E-state index in [1.807, 2.05) is 64.0 Å². The molecule has 170 valence electrons. The number of hydrogen-bond acceptors (Lipinski definition) is 6. The Labute approximate surface area is 189 Å². The summed E-state index contributed by atoms with van der Waals surface area (Å²) in [4.78, 5) is 14.5. The second kappa shape index (κ2) is 9.12. The first-order chi connectivity index (χ1) is 15.0. The molecule has 1 heterocycles. The van der Waals surface area contributed by atoms with Crippen LogP contribution >= 0.6 is 0 Å². The number of amidine groups is 1. The molecular formula is C23H29N5O3S.